The van der Waals surface area contributed by atoms with Crippen LogP contribution in [0.15, 0.2) is 0 Å². The first kappa shape index (κ1) is 11.0. The van der Waals surface area contributed by atoms with Gasteiger partial charge in [-0.2, -0.15) is 0 Å². The average molecular weight is 186 g/mol. The lowest BCUT2D eigenvalue weighted by atomic mass is 9.81. The van der Waals surface area contributed by atoms with E-state index in [1.165, 1.54) is 12.8 Å². The molecule has 1 N–H and O–H groups in total. The summed E-state index contributed by atoms with van der Waals surface area (Å²) >= 11 is 0. The zero-order chi connectivity index (χ0) is 9.68. The molecule has 0 saturated heterocycles. The molecule has 0 aliphatic heterocycles. The predicted octanol–water partition coefficient (Wildman–Crippen LogP) is 2.35. The summed E-state index contributed by atoms with van der Waals surface area (Å²) in [4.78, 5) is 0. The first-order valence-electron chi connectivity index (χ1n) is 5.50. The molecule has 0 bridgehead atoms. The van der Waals surface area contributed by atoms with Gasteiger partial charge in [-0.15, -0.1) is 0 Å². The molecule has 3 unspecified atom stereocenters. The molecule has 0 amide bonds. The quantitative estimate of drug-likeness (QED) is 0.730. The Morgan fingerprint density at radius 3 is 2.69 bits per heavy atom. The zero-order valence-electron chi connectivity index (χ0n) is 8.83. The van der Waals surface area contributed by atoms with Gasteiger partial charge in [0.15, 0.2) is 0 Å². The van der Waals surface area contributed by atoms with Crippen molar-refractivity contribution in [2.75, 3.05) is 7.11 Å². The van der Waals surface area contributed by atoms with Gasteiger partial charge in [0.25, 0.3) is 0 Å². The molecule has 1 aliphatic rings. The normalized spacial score (nSPS) is 31.6. The van der Waals surface area contributed by atoms with Crippen LogP contribution >= 0.6 is 0 Å². The number of rotatable bonds is 4. The Hall–Kier alpha value is -0.0800. The second-order valence-corrected chi connectivity index (χ2v) is 4.08. The molecule has 0 aromatic heterocycles. The van der Waals surface area contributed by atoms with E-state index in [1.54, 1.807) is 7.11 Å². The minimum atomic E-state index is -0.143. The standard InChI is InChI=1S/C11H22O2/c1-3-6-10(12)9-7-4-5-8-11(9)13-2/h9-12H,3-8H2,1-2H3. The van der Waals surface area contributed by atoms with E-state index in [0.29, 0.717) is 12.0 Å². The van der Waals surface area contributed by atoms with Gasteiger partial charge < -0.3 is 9.84 Å². The fourth-order valence-corrected chi connectivity index (χ4v) is 2.37. The van der Waals surface area contributed by atoms with Crippen LogP contribution in [0.3, 0.4) is 0 Å². The van der Waals surface area contributed by atoms with E-state index in [9.17, 15) is 5.11 Å². The van der Waals surface area contributed by atoms with Crippen molar-refractivity contribution in [3.8, 4) is 0 Å². The van der Waals surface area contributed by atoms with Gasteiger partial charge in [-0.25, -0.2) is 0 Å². The van der Waals surface area contributed by atoms with Crippen LogP contribution in [0, 0.1) is 5.92 Å². The monoisotopic (exact) mass is 186 g/mol. The fourth-order valence-electron chi connectivity index (χ4n) is 2.37. The van der Waals surface area contributed by atoms with Crippen LogP contribution in [0.1, 0.15) is 45.4 Å². The highest BCUT2D eigenvalue weighted by molar-refractivity contribution is 4.81. The summed E-state index contributed by atoms with van der Waals surface area (Å²) in [5.74, 6) is 0.388. The molecule has 13 heavy (non-hydrogen) atoms. The van der Waals surface area contributed by atoms with Crippen molar-refractivity contribution in [1.29, 1.82) is 0 Å². The topological polar surface area (TPSA) is 29.5 Å². The average Bonchev–Trinajstić information content (AvgIpc) is 2.18. The molecular formula is C11H22O2. The fraction of sp³-hybridized carbons (Fsp3) is 1.00. The molecule has 0 aromatic rings. The molecule has 3 atom stereocenters. The summed E-state index contributed by atoms with van der Waals surface area (Å²) < 4.78 is 5.41. The molecule has 1 saturated carbocycles. The lowest BCUT2D eigenvalue weighted by Gasteiger charge is -2.33. The molecular weight excluding hydrogens is 164 g/mol. The first-order chi connectivity index (χ1) is 6.29. The molecule has 2 heteroatoms. The van der Waals surface area contributed by atoms with Gasteiger partial charge in [0.05, 0.1) is 12.2 Å². The van der Waals surface area contributed by atoms with Gasteiger partial charge in [-0.05, 0) is 19.3 Å². The number of hydrogen-bond acceptors (Lipinski definition) is 2. The number of ether oxygens (including phenoxy) is 1. The van der Waals surface area contributed by atoms with Crippen molar-refractivity contribution in [2.45, 2.75) is 57.7 Å². The van der Waals surface area contributed by atoms with Gasteiger partial charge in [0.1, 0.15) is 0 Å². The van der Waals surface area contributed by atoms with Gasteiger partial charge in [-0.1, -0.05) is 26.2 Å². The van der Waals surface area contributed by atoms with Gasteiger partial charge in [0.2, 0.25) is 0 Å². The van der Waals surface area contributed by atoms with Crippen LogP contribution < -0.4 is 0 Å². The van der Waals surface area contributed by atoms with Crippen molar-refractivity contribution in [3.63, 3.8) is 0 Å². The van der Waals surface area contributed by atoms with E-state index in [0.717, 1.165) is 25.7 Å². The van der Waals surface area contributed by atoms with E-state index in [-0.39, 0.29) is 6.10 Å². The van der Waals surface area contributed by atoms with Crippen LogP contribution in [0.4, 0.5) is 0 Å². The van der Waals surface area contributed by atoms with Crippen LogP contribution in [0.25, 0.3) is 0 Å². The lowest BCUT2D eigenvalue weighted by molar-refractivity contribution is -0.0391. The summed E-state index contributed by atoms with van der Waals surface area (Å²) in [6, 6.07) is 0. The third kappa shape index (κ3) is 2.96. The number of methoxy groups -OCH3 is 1. The Kier molecular flexibility index (Phi) is 4.74. The third-order valence-corrected chi connectivity index (χ3v) is 3.14. The summed E-state index contributed by atoms with van der Waals surface area (Å²) in [7, 11) is 1.77. The number of hydrogen-bond donors (Lipinski definition) is 1. The Labute approximate surface area is 81.3 Å². The van der Waals surface area contributed by atoms with Crippen molar-refractivity contribution in [3.05, 3.63) is 0 Å². The van der Waals surface area contributed by atoms with Crippen LogP contribution in [-0.2, 0) is 4.74 Å². The maximum atomic E-state index is 9.90. The third-order valence-electron chi connectivity index (χ3n) is 3.14. The number of aliphatic hydroxyl groups excluding tert-OH is 1. The van der Waals surface area contributed by atoms with E-state index in [1.807, 2.05) is 0 Å². The minimum Gasteiger partial charge on any atom is -0.393 e. The summed E-state index contributed by atoms with van der Waals surface area (Å²) in [6.07, 6.45) is 6.92. The Balaban J connectivity index is 2.43. The Morgan fingerprint density at radius 1 is 1.38 bits per heavy atom. The summed E-state index contributed by atoms with van der Waals surface area (Å²) in [5, 5.41) is 9.90. The smallest absolute Gasteiger partial charge is 0.0624 e. The van der Waals surface area contributed by atoms with Crippen molar-refractivity contribution >= 4 is 0 Å². The highest BCUT2D eigenvalue weighted by Gasteiger charge is 2.30. The molecule has 0 aromatic carbocycles. The van der Waals surface area contributed by atoms with Crippen LogP contribution in [0.2, 0.25) is 0 Å². The molecule has 1 rings (SSSR count). The van der Waals surface area contributed by atoms with Crippen LogP contribution in [0.5, 0.6) is 0 Å². The molecule has 0 spiro atoms. The lowest BCUT2D eigenvalue weighted by Crippen LogP contribution is -2.35. The number of aliphatic hydroxyl groups is 1. The largest absolute Gasteiger partial charge is 0.393 e. The van der Waals surface area contributed by atoms with Crippen molar-refractivity contribution in [2.24, 2.45) is 5.92 Å². The highest BCUT2D eigenvalue weighted by atomic mass is 16.5. The summed E-state index contributed by atoms with van der Waals surface area (Å²) in [5.41, 5.74) is 0. The van der Waals surface area contributed by atoms with E-state index in [4.69, 9.17) is 4.74 Å². The second-order valence-electron chi connectivity index (χ2n) is 4.08. The molecule has 1 fully saturated rings. The molecule has 0 heterocycles. The van der Waals surface area contributed by atoms with E-state index >= 15 is 0 Å². The SMILES string of the molecule is CCCC(O)C1CCCCC1OC. The predicted molar refractivity (Wildman–Crippen MR) is 53.7 cm³/mol. The van der Waals surface area contributed by atoms with Crippen LogP contribution in [-0.4, -0.2) is 24.4 Å². The van der Waals surface area contributed by atoms with E-state index in [2.05, 4.69) is 6.92 Å². The maximum Gasteiger partial charge on any atom is 0.0624 e. The molecule has 78 valence electrons. The van der Waals surface area contributed by atoms with E-state index < -0.39 is 0 Å². The molecule has 0 radical (unpaired) electrons. The first-order valence-corrected chi connectivity index (χ1v) is 5.50. The highest BCUT2D eigenvalue weighted by Crippen LogP contribution is 2.30. The van der Waals surface area contributed by atoms with Gasteiger partial charge >= 0.3 is 0 Å². The second kappa shape index (κ2) is 5.61. The zero-order valence-corrected chi connectivity index (χ0v) is 8.83. The maximum absolute atomic E-state index is 9.90. The van der Waals surface area contributed by atoms with Gasteiger partial charge in [-0.3, -0.25) is 0 Å². The summed E-state index contributed by atoms with van der Waals surface area (Å²) in [6.45, 7) is 2.12. The van der Waals surface area contributed by atoms with Crippen molar-refractivity contribution in [1.82, 2.24) is 0 Å². The Bertz CT molecular complexity index is 136. The van der Waals surface area contributed by atoms with Gasteiger partial charge in [0, 0.05) is 13.0 Å². The van der Waals surface area contributed by atoms with Crippen molar-refractivity contribution < 1.29 is 9.84 Å². The Morgan fingerprint density at radius 2 is 2.08 bits per heavy atom. The molecule has 2 nitrogen and oxygen atoms in total. The molecule has 1 aliphatic carbocycles. The minimum absolute atomic E-state index is 0.143.